The van der Waals surface area contributed by atoms with Crippen molar-refractivity contribution in [2.45, 2.75) is 19.4 Å². The third-order valence-corrected chi connectivity index (χ3v) is 2.87. The molecule has 1 aromatic carbocycles. The summed E-state index contributed by atoms with van der Waals surface area (Å²) in [4.78, 5) is 11.8. The van der Waals surface area contributed by atoms with Gasteiger partial charge in [-0.15, -0.1) is 0 Å². The third kappa shape index (κ3) is 3.69. The highest BCUT2D eigenvalue weighted by molar-refractivity contribution is 9.10. The van der Waals surface area contributed by atoms with Crippen molar-refractivity contribution >= 4 is 27.7 Å². The van der Waals surface area contributed by atoms with Crippen LogP contribution in [-0.4, -0.2) is 23.0 Å². The van der Waals surface area contributed by atoms with Crippen molar-refractivity contribution in [3.63, 3.8) is 0 Å². The zero-order chi connectivity index (χ0) is 13.7. The molecule has 1 unspecified atom stereocenters. The third-order valence-electron chi connectivity index (χ3n) is 2.21. The quantitative estimate of drug-likeness (QED) is 0.343. The molecule has 0 bridgehead atoms. The molecule has 0 saturated heterocycles. The summed E-state index contributed by atoms with van der Waals surface area (Å²) in [6, 6.07) is 3.90. The molecule has 98 valence electrons. The van der Waals surface area contributed by atoms with Crippen LogP contribution >= 0.6 is 15.9 Å². The van der Waals surface area contributed by atoms with E-state index in [-0.39, 0.29) is 23.9 Å². The van der Waals surface area contributed by atoms with E-state index in [4.69, 9.17) is 10.9 Å². The van der Waals surface area contributed by atoms with Crippen LogP contribution in [0.5, 0.6) is 0 Å². The highest BCUT2D eigenvalue weighted by Crippen LogP contribution is 2.19. The van der Waals surface area contributed by atoms with Crippen LogP contribution in [0.15, 0.2) is 27.8 Å². The van der Waals surface area contributed by atoms with Gasteiger partial charge in [0, 0.05) is 16.9 Å². The number of amides is 1. The van der Waals surface area contributed by atoms with Gasteiger partial charge >= 0.3 is 0 Å². The van der Waals surface area contributed by atoms with Crippen LogP contribution in [0.4, 0.5) is 4.39 Å². The molecule has 1 rings (SSSR count). The second-order valence-corrected chi connectivity index (χ2v) is 4.62. The molecule has 0 aliphatic heterocycles. The van der Waals surface area contributed by atoms with Crippen molar-refractivity contribution in [3.8, 4) is 0 Å². The number of benzene rings is 1. The monoisotopic (exact) mass is 317 g/mol. The largest absolute Gasteiger partial charge is 0.409 e. The summed E-state index contributed by atoms with van der Waals surface area (Å²) in [5.74, 6) is -1.17. The summed E-state index contributed by atoms with van der Waals surface area (Å²) in [6.07, 6.45) is 0.175. The number of amidine groups is 1. The van der Waals surface area contributed by atoms with Gasteiger partial charge in [-0.25, -0.2) is 4.39 Å². The van der Waals surface area contributed by atoms with E-state index in [1.807, 2.05) is 0 Å². The minimum absolute atomic E-state index is 0.00426. The molecular formula is C11H13BrFN3O2. The number of halogens is 2. The Kier molecular flexibility index (Phi) is 5.08. The number of hydrogen-bond acceptors (Lipinski definition) is 3. The van der Waals surface area contributed by atoms with Crippen LogP contribution in [-0.2, 0) is 0 Å². The maximum Gasteiger partial charge on any atom is 0.255 e. The SMILES string of the molecule is CC(C/C(N)=N/O)NC(=O)c1c(F)cccc1Br. The summed E-state index contributed by atoms with van der Waals surface area (Å²) >= 11 is 3.11. The molecule has 0 saturated carbocycles. The molecule has 0 aliphatic rings. The molecule has 0 fully saturated rings. The van der Waals surface area contributed by atoms with Crippen LogP contribution in [0.3, 0.4) is 0 Å². The lowest BCUT2D eigenvalue weighted by Crippen LogP contribution is -2.36. The Hall–Kier alpha value is -1.63. The van der Waals surface area contributed by atoms with E-state index < -0.39 is 11.7 Å². The lowest BCUT2D eigenvalue weighted by molar-refractivity contribution is 0.0936. The van der Waals surface area contributed by atoms with E-state index in [0.29, 0.717) is 4.47 Å². The molecule has 1 atom stereocenters. The first-order chi connectivity index (χ1) is 8.45. The number of nitrogens with one attached hydrogen (secondary N) is 1. The standard InChI is InChI=1S/C11H13BrFN3O2/c1-6(5-9(14)16-18)15-11(17)10-7(12)3-2-4-8(10)13/h2-4,6,18H,5H2,1H3,(H2,14,16)(H,15,17). The van der Waals surface area contributed by atoms with Crippen LogP contribution in [0.25, 0.3) is 0 Å². The van der Waals surface area contributed by atoms with Gasteiger partial charge in [-0.2, -0.15) is 0 Å². The van der Waals surface area contributed by atoms with Crippen LogP contribution in [0.1, 0.15) is 23.7 Å². The van der Waals surface area contributed by atoms with Crippen molar-refractivity contribution in [3.05, 3.63) is 34.1 Å². The summed E-state index contributed by atoms with van der Waals surface area (Å²) in [6.45, 7) is 1.67. The molecule has 1 aromatic rings. The van der Waals surface area contributed by atoms with E-state index in [2.05, 4.69) is 26.4 Å². The van der Waals surface area contributed by atoms with Crippen LogP contribution in [0.2, 0.25) is 0 Å². The van der Waals surface area contributed by atoms with Gasteiger partial charge in [0.2, 0.25) is 0 Å². The number of nitrogens with two attached hydrogens (primary N) is 1. The van der Waals surface area contributed by atoms with E-state index in [1.165, 1.54) is 12.1 Å². The lowest BCUT2D eigenvalue weighted by atomic mass is 10.1. The number of nitrogens with zero attached hydrogens (tertiary/aromatic N) is 1. The van der Waals surface area contributed by atoms with Gasteiger partial charge in [-0.05, 0) is 35.0 Å². The Labute approximate surface area is 112 Å². The number of oxime groups is 1. The summed E-state index contributed by atoms with van der Waals surface area (Å²) in [7, 11) is 0. The zero-order valence-electron chi connectivity index (χ0n) is 9.65. The van der Waals surface area contributed by atoms with Gasteiger partial charge in [0.25, 0.3) is 5.91 Å². The normalized spacial score (nSPS) is 13.2. The fourth-order valence-electron chi connectivity index (χ4n) is 1.42. The van der Waals surface area contributed by atoms with E-state index in [1.54, 1.807) is 13.0 Å². The average Bonchev–Trinajstić information content (AvgIpc) is 2.28. The van der Waals surface area contributed by atoms with Crippen LogP contribution < -0.4 is 11.1 Å². The first-order valence-electron chi connectivity index (χ1n) is 5.17. The summed E-state index contributed by atoms with van der Waals surface area (Å²) in [5, 5.41) is 13.8. The molecule has 0 aromatic heterocycles. The van der Waals surface area contributed by atoms with E-state index >= 15 is 0 Å². The lowest BCUT2D eigenvalue weighted by Gasteiger charge is -2.14. The van der Waals surface area contributed by atoms with Gasteiger partial charge in [0.05, 0.1) is 5.56 Å². The Balaban J connectivity index is 2.77. The first-order valence-corrected chi connectivity index (χ1v) is 5.96. The number of hydrogen-bond donors (Lipinski definition) is 3. The zero-order valence-corrected chi connectivity index (χ0v) is 11.2. The molecule has 7 heteroatoms. The fourth-order valence-corrected chi connectivity index (χ4v) is 1.94. The van der Waals surface area contributed by atoms with Crippen molar-refractivity contribution in [2.24, 2.45) is 10.9 Å². The van der Waals surface area contributed by atoms with Gasteiger partial charge in [-0.1, -0.05) is 11.2 Å². The van der Waals surface area contributed by atoms with Gasteiger partial charge in [0.1, 0.15) is 11.7 Å². The maximum absolute atomic E-state index is 13.5. The van der Waals surface area contributed by atoms with E-state index in [9.17, 15) is 9.18 Å². The van der Waals surface area contributed by atoms with Crippen molar-refractivity contribution in [1.82, 2.24) is 5.32 Å². The topological polar surface area (TPSA) is 87.7 Å². The van der Waals surface area contributed by atoms with Gasteiger partial charge < -0.3 is 16.3 Å². The van der Waals surface area contributed by atoms with Crippen molar-refractivity contribution in [1.29, 1.82) is 0 Å². The van der Waals surface area contributed by atoms with Crippen molar-refractivity contribution < 1.29 is 14.4 Å². The number of carbonyl (C=O) groups is 1. The van der Waals surface area contributed by atoms with Crippen LogP contribution in [0, 0.1) is 5.82 Å². The Bertz CT molecular complexity index is 459. The minimum Gasteiger partial charge on any atom is -0.409 e. The highest BCUT2D eigenvalue weighted by atomic mass is 79.9. The Morgan fingerprint density at radius 3 is 2.89 bits per heavy atom. The van der Waals surface area contributed by atoms with E-state index in [0.717, 1.165) is 0 Å². The number of carbonyl (C=O) groups excluding carboxylic acids is 1. The molecule has 0 heterocycles. The Morgan fingerprint density at radius 2 is 2.33 bits per heavy atom. The number of rotatable bonds is 4. The molecule has 0 spiro atoms. The smallest absolute Gasteiger partial charge is 0.255 e. The highest BCUT2D eigenvalue weighted by Gasteiger charge is 2.17. The molecule has 0 aliphatic carbocycles. The summed E-state index contributed by atoms with van der Waals surface area (Å²) in [5.41, 5.74) is 5.25. The second kappa shape index (κ2) is 6.34. The molecule has 5 nitrogen and oxygen atoms in total. The fraction of sp³-hybridized carbons (Fsp3) is 0.273. The molecule has 0 radical (unpaired) electrons. The first kappa shape index (κ1) is 14.4. The predicted molar refractivity (Wildman–Crippen MR) is 69.1 cm³/mol. The summed E-state index contributed by atoms with van der Waals surface area (Å²) < 4.78 is 13.9. The average molecular weight is 318 g/mol. The predicted octanol–water partition coefficient (Wildman–Crippen LogP) is 1.84. The van der Waals surface area contributed by atoms with Gasteiger partial charge in [0.15, 0.2) is 0 Å². The Morgan fingerprint density at radius 1 is 1.67 bits per heavy atom. The maximum atomic E-state index is 13.5. The molecule has 18 heavy (non-hydrogen) atoms. The molecule has 1 amide bonds. The molecular weight excluding hydrogens is 305 g/mol. The minimum atomic E-state index is -0.613. The second-order valence-electron chi connectivity index (χ2n) is 3.77. The van der Waals surface area contributed by atoms with Gasteiger partial charge in [-0.3, -0.25) is 4.79 Å². The van der Waals surface area contributed by atoms with Crippen molar-refractivity contribution in [2.75, 3.05) is 0 Å². The molecule has 4 N–H and O–H groups in total.